The minimum Gasteiger partial charge on any atom is -0.450 e. The first-order chi connectivity index (χ1) is 12.8. The Kier molecular flexibility index (Phi) is 4.62. The summed E-state index contributed by atoms with van der Waals surface area (Å²) in [4.78, 5) is 13.7. The summed E-state index contributed by atoms with van der Waals surface area (Å²) in [5.41, 5.74) is 5.14. The standard InChI is InChI=1S/C21H20N4O.ClH/c1-15-5-4-6-16(13-15)24-9-11-25(12-10-24)21-20-19(22-14-23-21)17-7-2-3-8-18(17)26-20;/h2-8,13-14H,9-12H2,1H3;1H. The maximum Gasteiger partial charge on any atom is 0.196 e. The van der Waals surface area contributed by atoms with E-state index in [1.54, 1.807) is 6.33 Å². The average molecular weight is 381 g/mol. The largest absolute Gasteiger partial charge is 0.450 e. The number of aryl methyl sites for hydroxylation is 1. The molecule has 1 saturated heterocycles. The normalized spacial score (nSPS) is 14.6. The second-order valence-corrected chi connectivity index (χ2v) is 6.79. The fourth-order valence-corrected chi connectivity index (χ4v) is 3.74. The molecule has 5 nitrogen and oxygen atoms in total. The summed E-state index contributed by atoms with van der Waals surface area (Å²) in [5, 5.41) is 1.05. The molecule has 0 bridgehead atoms. The quantitative estimate of drug-likeness (QED) is 0.514. The lowest BCUT2D eigenvalue weighted by Crippen LogP contribution is -2.46. The maximum absolute atomic E-state index is 6.08. The number of benzene rings is 2. The van der Waals surface area contributed by atoms with Crippen LogP contribution in [0.4, 0.5) is 11.5 Å². The number of nitrogens with zero attached hydrogens (tertiary/aromatic N) is 4. The van der Waals surface area contributed by atoms with Gasteiger partial charge in [0.2, 0.25) is 0 Å². The summed E-state index contributed by atoms with van der Waals surface area (Å²) in [5.74, 6) is 0.898. The van der Waals surface area contributed by atoms with Crippen molar-refractivity contribution in [1.29, 1.82) is 0 Å². The van der Waals surface area contributed by atoms with Gasteiger partial charge in [-0.2, -0.15) is 0 Å². The summed E-state index contributed by atoms with van der Waals surface area (Å²) in [6.45, 7) is 5.90. The van der Waals surface area contributed by atoms with Crippen LogP contribution in [-0.4, -0.2) is 36.1 Å². The summed E-state index contributed by atoms with van der Waals surface area (Å²) >= 11 is 0. The molecule has 1 aliphatic rings. The van der Waals surface area contributed by atoms with Gasteiger partial charge in [0.15, 0.2) is 11.4 Å². The summed E-state index contributed by atoms with van der Waals surface area (Å²) in [6.07, 6.45) is 1.65. The third-order valence-electron chi connectivity index (χ3n) is 5.09. The first kappa shape index (κ1) is 17.6. The molecule has 0 spiro atoms. The van der Waals surface area contributed by atoms with Gasteiger partial charge in [0.1, 0.15) is 17.4 Å². The van der Waals surface area contributed by atoms with E-state index in [0.717, 1.165) is 54.1 Å². The van der Waals surface area contributed by atoms with E-state index in [1.807, 2.05) is 24.3 Å². The van der Waals surface area contributed by atoms with Crippen molar-refractivity contribution in [2.75, 3.05) is 36.0 Å². The van der Waals surface area contributed by atoms with Gasteiger partial charge in [0, 0.05) is 37.3 Å². The van der Waals surface area contributed by atoms with Crippen LogP contribution in [-0.2, 0) is 0 Å². The van der Waals surface area contributed by atoms with Gasteiger partial charge in [0.05, 0.1) is 0 Å². The van der Waals surface area contributed by atoms with Gasteiger partial charge >= 0.3 is 0 Å². The zero-order valence-corrected chi connectivity index (χ0v) is 15.9. The molecule has 27 heavy (non-hydrogen) atoms. The van der Waals surface area contributed by atoms with Crippen LogP contribution in [0, 0.1) is 6.92 Å². The van der Waals surface area contributed by atoms with E-state index in [9.17, 15) is 0 Å². The van der Waals surface area contributed by atoms with Crippen molar-refractivity contribution < 1.29 is 4.42 Å². The Morgan fingerprint density at radius 3 is 2.48 bits per heavy atom. The fraction of sp³-hybridized carbons (Fsp3) is 0.238. The van der Waals surface area contributed by atoms with E-state index in [-0.39, 0.29) is 12.4 Å². The lowest BCUT2D eigenvalue weighted by atomic mass is 10.2. The fourth-order valence-electron chi connectivity index (χ4n) is 3.74. The molecule has 138 valence electrons. The van der Waals surface area contributed by atoms with Crippen molar-refractivity contribution >= 4 is 46.0 Å². The molecule has 2 aromatic heterocycles. The predicted molar refractivity (Wildman–Crippen MR) is 112 cm³/mol. The molecule has 0 saturated carbocycles. The van der Waals surface area contributed by atoms with Gasteiger partial charge < -0.3 is 14.2 Å². The van der Waals surface area contributed by atoms with Crippen molar-refractivity contribution in [3.63, 3.8) is 0 Å². The predicted octanol–water partition coefficient (Wildman–Crippen LogP) is 4.43. The van der Waals surface area contributed by atoms with Gasteiger partial charge in [-0.05, 0) is 36.8 Å². The Morgan fingerprint density at radius 2 is 1.67 bits per heavy atom. The number of piperazine rings is 1. The smallest absolute Gasteiger partial charge is 0.196 e. The van der Waals surface area contributed by atoms with Crippen LogP contribution in [0.25, 0.3) is 22.1 Å². The van der Waals surface area contributed by atoms with Crippen molar-refractivity contribution in [2.24, 2.45) is 0 Å². The molecule has 1 fully saturated rings. The molecule has 0 amide bonds. The molecule has 0 aliphatic carbocycles. The lowest BCUT2D eigenvalue weighted by Gasteiger charge is -2.36. The molecule has 0 atom stereocenters. The van der Waals surface area contributed by atoms with E-state index in [0.29, 0.717) is 0 Å². The first-order valence-electron chi connectivity index (χ1n) is 8.98. The van der Waals surface area contributed by atoms with Gasteiger partial charge in [0.25, 0.3) is 0 Å². The van der Waals surface area contributed by atoms with Crippen molar-refractivity contribution in [1.82, 2.24) is 9.97 Å². The number of halogens is 1. The summed E-state index contributed by atoms with van der Waals surface area (Å²) in [6, 6.07) is 16.7. The highest BCUT2D eigenvalue weighted by atomic mass is 35.5. The topological polar surface area (TPSA) is 45.4 Å². The zero-order valence-electron chi connectivity index (χ0n) is 15.1. The van der Waals surface area contributed by atoms with Gasteiger partial charge in [-0.25, -0.2) is 9.97 Å². The van der Waals surface area contributed by atoms with Crippen LogP contribution in [0.15, 0.2) is 59.3 Å². The molecule has 3 heterocycles. The van der Waals surface area contributed by atoms with Crippen LogP contribution >= 0.6 is 12.4 Å². The molecular formula is C21H21ClN4O. The SMILES string of the molecule is Cc1cccc(N2CCN(c3ncnc4c3oc3ccccc34)CC2)c1.Cl. The number of para-hydroxylation sites is 1. The third kappa shape index (κ3) is 3.08. The molecule has 5 rings (SSSR count). The average Bonchev–Trinajstić information content (AvgIpc) is 3.07. The second-order valence-electron chi connectivity index (χ2n) is 6.79. The second kappa shape index (κ2) is 7.08. The molecule has 4 aromatic rings. The van der Waals surface area contributed by atoms with Crippen LogP contribution in [0.1, 0.15) is 5.56 Å². The minimum atomic E-state index is 0. The Bertz CT molecular complexity index is 1090. The van der Waals surface area contributed by atoms with Crippen LogP contribution < -0.4 is 9.80 Å². The Morgan fingerprint density at radius 1 is 0.889 bits per heavy atom. The molecule has 2 aromatic carbocycles. The molecule has 0 radical (unpaired) electrons. The van der Waals surface area contributed by atoms with Crippen molar-refractivity contribution in [3.8, 4) is 0 Å². The van der Waals surface area contributed by atoms with E-state index >= 15 is 0 Å². The van der Waals surface area contributed by atoms with Crippen LogP contribution in [0.5, 0.6) is 0 Å². The van der Waals surface area contributed by atoms with E-state index in [2.05, 4.69) is 51.0 Å². The van der Waals surface area contributed by atoms with Crippen molar-refractivity contribution in [2.45, 2.75) is 6.92 Å². The highest BCUT2D eigenvalue weighted by Crippen LogP contribution is 2.32. The lowest BCUT2D eigenvalue weighted by molar-refractivity contribution is 0.629. The van der Waals surface area contributed by atoms with E-state index in [4.69, 9.17) is 4.42 Å². The number of hydrogen-bond donors (Lipinski definition) is 0. The van der Waals surface area contributed by atoms with Crippen LogP contribution in [0.2, 0.25) is 0 Å². The number of anilines is 2. The molecule has 0 N–H and O–H groups in total. The Hall–Kier alpha value is -2.79. The van der Waals surface area contributed by atoms with Crippen LogP contribution in [0.3, 0.4) is 0 Å². The monoisotopic (exact) mass is 380 g/mol. The number of hydrogen-bond acceptors (Lipinski definition) is 5. The number of aromatic nitrogens is 2. The molecule has 1 aliphatic heterocycles. The summed E-state index contributed by atoms with van der Waals surface area (Å²) in [7, 11) is 0. The highest BCUT2D eigenvalue weighted by Gasteiger charge is 2.22. The molecular weight excluding hydrogens is 360 g/mol. The van der Waals surface area contributed by atoms with Crippen molar-refractivity contribution in [3.05, 3.63) is 60.4 Å². The summed E-state index contributed by atoms with van der Waals surface area (Å²) < 4.78 is 6.08. The molecule has 0 unspecified atom stereocenters. The molecule has 6 heteroatoms. The third-order valence-corrected chi connectivity index (χ3v) is 5.09. The Balaban J connectivity index is 0.00000180. The first-order valence-corrected chi connectivity index (χ1v) is 8.98. The van der Waals surface area contributed by atoms with E-state index in [1.165, 1.54) is 11.3 Å². The van der Waals surface area contributed by atoms with Gasteiger partial charge in [-0.3, -0.25) is 0 Å². The number of furan rings is 1. The van der Waals surface area contributed by atoms with Gasteiger partial charge in [-0.1, -0.05) is 24.3 Å². The Labute approximate surface area is 164 Å². The number of rotatable bonds is 2. The maximum atomic E-state index is 6.08. The zero-order chi connectivity index (χ0) is 17.5. The highest BCUT2D eigenvalue weighted by molar-refractivity contribution is 6.05. The van der Waals surface area contributed by atoms with Gasteiger partial charge in [-0.15, -0.1) is 12.4 Å². The number of fused-ring (bicyclic) bond motifs is 3. The van der Waals surface area contributed by atoms with E-state index < -0.39 is 0 Å². The minimum absolute atomic E-state index is 0.